The summed E-state index contributed by atoms with van der Waals surface area (Å²) in [7, 11) is 0. The Morgan fingerprint density at radius 1 is 0.483 bits per heavy atom. The van der Waals surface area contributed by atoms with Gasteiger partial charge in [-0.1, -0.05) is 113 Å². The van der Waals surface area contributed by atoms with Gasteiger partial charge in [0.15, 0.2) is 0 Å². The van der Waals surface area contributed by atoms with Crippen LogP contribution in [-0.4, -0.2) is 26.2 Å². The second-order valence-electron chi connectivity index (χ2n) is 16.7. The second kappa shape index (κ2) is 12.3. The minimum atomic E-state index is -0.0613. The summed E-state index contributed by atoms with van der Waals surface area (Å²) in [6, 6.07) is 37.5. The molecule has 12 rings (SSSR count). The molecule has 10 heteroatoms. The number of benzene rings is 6. The third-order valence-corrected chi connectivity index (χ3v) is 14.7. The molecule has 7 nitrogen and oxygen atoms in total. The van der Waals surface area contributed by atoms with Crippen molar-refractivity contribution in [1.82, 2.24) is 26.2 Å². The third kappa shape index (κ3) is 4.70. The van der Waals surface area contributed by atoms with Crippen LogP contribution in [0, 0.1) is 5.92 Å². The number of allylic oxidation sites excluding steroid dienone is 4. The number of hydrogen-bond donors (Lipinski definition) is 0. The summed E-state index contributed by atoms with van der Waals surface area (Å²) in [5.74, 6) is 0.801. The predicted octanol–water partition coefficient (Wildman–Crippen LogP) is 12.9. The summed E-state index contributed by atoms with van der Waals surface area (Å²) in [5.41, 5.74) is 20.2. The SMILES string of the molecule is CC1(C)c2ccccc2-c2cc(-c3ccc(N(c4cccc5nsnc45)c4ccc(-c5ccc6c(c5)C5C=CC=CC5C6(C)C)c5nsnc45)c4nsnc34)ccc21. The number of anilines is 3. The molecule has 0 aliphatic heterocycles. The van der Waals surface area contributed by atoms with E-state index in [0.717, 1.165) is 72.4 Å². The van der Waals surface area contributed by atoms with Gasteiger partial charge in [-0.05, 0) is 98.3 Å². The van der Waals surface area contributed by atoms with Crippen LogP contribution in [0.3, 0.4) is 0 Å². The maximum absolute atomic E-state index is 5.00. The van der Waals surface area contributed by atoms with E-state index in [0.29, 0.717) is 11.8 Å². The quantitative estimate of drug-likeness (QED) is 0.171. The van der Waals surface area contributed by atoms with E-state index in [4.69, 9.17) is 21.9 Å². The Hall–Kier alpha value is -5.94. The topological polar surface area (TPSA) is 80.6 Å². The van der Waals surface area contributed by atoms with Crippen molar-refractivity contribution < 1.29 is 0 Å². The van der Waals surface area contributed by atoms with Gasteiger partial charge in [-0.3, -0.25) is 0 Å². The highest BCUT2D eigenvalue weighted by Crippen LogP contribution is 2.55. The molecule has 3 heterocycles. The smallest absolute Gasteiger partial charge is 0.129 e. The fourth-order valence-corrected chi connectivity index (χ4v) is 11.8. The fraction of sp³-hybridized carbons (Fsp3) is 0.167. The fourth-order valence-electron chi connectivity index (χ4n) is 10.1. The lowest BCUT2D eigenvalue weighted by Crippen LogP contribution is -2.24. The highest BCUT2D eigenvalue weighted by atomic mass is 32.1. The largest absolute Gasteiger partial charge is 0.304 e. The Balaban J connectivity index is 1.03. The van der Waals surface area contributed by atoms with E-state index in [1.807, 2.05) is 12.1 Å². The van der Waals surface area contributed by atoms with E-state index in [1.165, 1.54) is 68.6 Å². The lowest BCUT2D eigenvalue weighted by atomic mass is 9.74. The molecule has 0 amide bonds. The summed E-state index contributed by atoms with van der Waals surface area (Å²) in [4.78, 5) is 2.24. The van der Waals surface area contributed by atoms with Crippen LogP contribution in [0.15, 0.2) is 127 Å². The standard InChI is InChI=1S/C48H35N7S3/c1-47(2)34-12-7-5-10-30(34)32-24-26(16-20-36(32)47)28-18-22-40(45-42(28)50-57-53-45)55(39-15-9-14-38-44(39)52-56-49-38)41-23-19-29(43-46(41)54-58-51-43)27-17-21-37-33(25-27)31-11-6-8-13-35(31)48(37,3)4/h5-25,30,34H,1-4H3. The predicted molar refractivity (Wildman–Crippen MR) is 240 cm³/mol. The summed E-state index contributed by atoms with van der Waals surface area (Å²) < 4.78 is 29.4. The summed E-state index contributed by atoms with van der Waals surface area (Å²) in [5, 5.41) is 0. The van der Waals surface area contributed by atoms with Gasteiger partial charge in [0.1, 0.15) is 33.1 Å². The van der Waals surface area contributed by atoms with Crippen LogP contribution >= 0.6 is 35.2 Å². The van der Waals surface area contributed by atoms with Crippen molar-refractivity contribution in [1.29, 1.82) is 0 Å². The molecule has 0 bridgehead atoms. The third-order valence-electron chi connectivity index (χ3n) is 13.1. The zero-order chi connectivity index (χ0) is 38.9. The van der Waals surface area contributed by atoms with Crippen molar-refractivity contribution in [2.75, 3.05) is 4.90 Å². The number of aromatic nitrogens is 6. The molecule has 0 saturated carbocycles. The molecule has 3 aliphatic rings. The van der Waals surface area contributed by atoms with Gasteiger partial charge in [-0.25, -0.2) is 0 Å². The second-order valence-corrected chi connectivity index (χ2v) is 18.3. The van der Waals surface area contributed by atoms with Crippen molar-refractivity contribution >= 4 is 85.3 Å². The van der Waals surface area contributed by atoms with Gasteiger partial charge >= 0.3 is 0 Å². The van der Waals surface area contributed by atoms with Gasteiger partial charge in [0.25, 0.3) is 0 Å². The van der Waals surface area contributed by atoms with E-state index >= 15 is 0 Å². The Morgan fingerprint density at radius 2 is 1.09 bits per heavy atom. The Bertz CT molecular complexity index is 3240. The first-order valence-electron chi connectivity index (χ1n) is 19.6. The zero-order valence-electron chi connectivity index (χ0n) is 32.1. The average molecular weight is 806 g/mol. The molecule has 3 aliphatic carbocycles. The Morgan fingerprint density at radius 3 is 1.84 bits per heavy atom. The van der Waals surface area contributed by atoms with Crippen LogP contribution in [0.4, 0.5) is 17.1 Å². The van der Waals surface area contributed by atoms with Crippen molar-refractivity contribution in [3.05, 3.63) is 150 Å². The van der Waals surface area contributed by atoms with Crippen LogP contribution in [0.2, 0.25) is 0 Å². The van der Waals surface area contributed by atoms with Crippen LogP contribution in [0.1, 0.15) is 55.9 Å². The molecule has 6 aromatic carbocycles. The normalized spacial score (nSPS) is 18.1. The molecule has 9 aromatic rings. The van der Waals surface area contributed by atoms with Crippen LogP contribution in [0.5, 0.6) is 0 Å². The number of rotatable bonds is 5. The van der Waals surface area contributed by atoms with Gasteiger partial charge in [0.05, 0.1) is 52.2 Å². The average Bonchev–Trinajstić information content (AvgIpc) is 4.10. The van der Waals surface area contributed by atoms with Crippen LogP contribution < -0.4 is 4.90 Å². The molecule has 2 unspecified atom stereocenters. The zero-order valence-corrected chi connectivity index (χ0v) is 34.6. The summed E-state index contributed by atoms with van der Waals surface area (Å²) in [6.45, 7) is 9.38. The van der Waals surface area contributed by atoms with Crippen LogP contribution in [0.25, 0.3) is 66.5 Å². The van der Waals surface area contributed by atoms with Crippen molar-refractivity contribution in [3.63, 3.8) is 0 Å². The van der Waals surface area contributed by atoms with E-state index in [-0.39, 0.29) is 10.8 Å². The lowest BCUT2D eigenvalue weighted by Gasteiger charge is -2.29. The number of hydrogen-bond acceptors (Lipinski definition) is 10. The summed E-state index contributed by atoms with van der Waals surface area (Å²) in [6.07, 6.45) is 9.13. The minimum Gasteiger partial charge on any atom is -0.304 e. The first-order chi connectivity index (χ1) is 28.3. The maximum Gasteiger partial charge on any atom is 0.129 e. The van der Waals surface area contributed by atoms with E-state index in [9.17, 15) is 0 Å². The first kappa shape index (κ1) is 34.1. The molecular weight excluding hydrogens is 771 g/mol. The van der Waals surface area contributed by atoms with Gasteiger partial charge in [-0.2, -0.15) is 26.2 Å². The van der Waals surface area contributed by atoms with Crippen LogP contribution in [-0.2, 0) is 10.8 Å². The van der Waals surface area contributed by atoms with E-state index < -0.39 is 0 Å². The monoisotopic (exact) mass is 805 g/mol. The molecule has 0 radical (unpaired) electrons. The first-order valence-corrected chi connectivity index (χ1v) is 21.7. The van der Waals surface area contributed by atoms with E-state index in [1.54, 1.807) is 0 Å². The molecule has 3 aromatic heterocycles. The highest BCUT2D eigenvalue weighted by Gasteiger charge is 2.44. The Kier molecular flexibility index (Phi) is 7.23. The van der Waals surface area contributed by atoms with Gasteiger partial charge in [0.2, 0.25) is 0 Å². The van der Waals surface area contributed by atoms with Gasteiger partial charge < -0.3 is 4.90 Å². The van der Waals surface area contributed by atoms with Crippen molar-refractivity contribution in [2.45, 2.75) is 44.4 Å². The van der Waals surface area contributed by atoms with Gasteiger partial charge in [-0.15, -0.1) is 0 Å². The molecule has 0 N–H and O–H groups in total. The summed E-state index contributed by atoms with van der Waals surface area (Å²) >= 11 is 3.70. The number of nitrogens with zero attached hydrogens (tertiary/aromatic N) is 7. The van der Waals surface area contributed by atoms with Gasteiger partial charge in [0, 0.05) is 22.5 Å². The molecule has 58 heavy (non-hydrogen) atoms. The minimum absolute atomic E-state index is 0.0571. The Labute approximate surface area is 348 Å². The molecule has 280 valence electrons. The number of fused-ring (bicyclic) bond motifs is 9. The molecule has 0 spiro atoms. The maximum atomic E-state index is 5.00. The molecular formula is C48H35N7S3. The molecule has 2 atom stereocenters. The lowest BCUT2D eigenvalue weighted by molar-refractivity contribution is 0.394. The molecule has 0 saturated heterocycles. The molecule has 0 fully saturated rings. The van der Waals surface area contributed by atoms with E-state index in [2.05, 4.69) is 152 Å². The highest BCUT2D eigenvalue weighted by molar-refractivity contribution is 7.00. The van der Waals surface area contributed by atoms with Crippen molar-refractivity contribution in [3.8, 4) is 33.4 Å². The van der Waals surface area contributed by atoms with Crippen molar-refractivity contribution in [2.24, 2.45) is 5.92 Å².